The monoisotopic (exact) mass is 428 g/mol. The van der Waals surface area contributed by atoms with Crippen molar-refractivity contribution in [3.8, 4) is 11.4 Å². The fraction of sp³-hybridized carbons (Fsp3) is 0.579. The Kier molecular flexibility index (Phi) is 6.23. The molecule has 0 radical (unpaired) electrons. The lowest BCUT2D eigenvalue weighted by atomic mass is 9.86. The number of rotatable bonds is 6. The zero-order valence-corrected chi connectivity index (χ0v) is 17.5. The zero-order valence-electron chi connectivity index (χ0n) is 16.7. The summed E-state index contributed by atoms with van der Waals surface area (Å²) in [5, 5.41) is 6.97. The van der Waals surface area contributed by atoms with E-state index in [0.29, 0.717) is 12.1 Å². The Hall–Kier alpha value is -2.07. The molecule has 1 saturated carbocycles. The van der Waals surface area contributed by atoms with E-state index < -0.39 is 26.4 Å². The van der Waals surface area contributed by atoms with Gasteiger partial charge in [0.1, 0.15) is 0 Å². The van der Waals surface area contributed by atoms with Crippen molar-refractivity contribution in [1.29, 1.82) is 0 Å². The van der Waals surface area contributed by atoms with E-state index >= 15 is 0 Å². The molecule has 0 atom stereocenters. The van der Waals surface area contributed by atoms with E-state index in [9.17, 15) is 17.2 Å². The smallest absolute Gasteiger partial charge is 0.322 e. The third-order valence-corrected chi connectivity index (χ3v) is 7.31. The predicted octanol–water partition coefficient (Wildman–Crippen LogP) is 3.70. The summed E-state index contributed by atoms with van der Waals surface area (Å²) < 4.78 is 57.8. The van der Waals surface area contributed by atoms with Gasteiger partial charge in [-0.05, 0) is 70.6 Å². The third-order valence-electron chi connectivity index (χ3n) is 5.15. The highest BCUT2D eigenvalue weighted by Gasteiger charge is 2.30. The van der Waals surface area contributed by atoms with Gasteiger partial charge in [0.25, 0.3) is 0 Å². The quantitative estimate of drug-likeness (QED) is 0.728. The third kappa shape index (κ3) is 5.30. The molecule has 7 nitrogen and oxygen atoms in total. The molecule has 29 heavy (non-hydrogen) atoms. The van der Waals surface area contributed by atoms with Crippen molar-refractivity contribution in [2.45, 2.75) is 57.2 Å². The molecule has 1 aliphatic rings. The number of nitrogens with zero attached hydrogens (tertiary/aromatic N) is 2. The average Bonchev–Trinajstić information content (AvgIpc) is 3.11. The van der Waals surface area contributed by atoms with Gasteiger partial charge >= 0.3 is 6.01 Å². The SMILES string of the molecule is CC(C)(C)S(=O)(=O)NC[C@H]1CC[C@H](Nc2nc(-c3ccc(F)c(F)c3)no2)CC1. The van der Waals surface area contributed by atoms with Gasteiger partial charge in [-0.2, -0.15) is 4.98 Å². The second-order valence-electron chi connectivity index (χ2n) is 8.38. The van der Waals surface area contributed by atoms with E-state index in [1.807, 2.05) is 0 Å². The van der Waals surface area contributed by atoms with Crippen molar-refractivity contribution < 1.29 is 21.7 Å². The summed E-state index contributed by atoms with van der Waals surface area (Å²) in [6.45, 7) is 5.46. The van der Waals surface area contributed by atoms with Crippen molar-refractivity contribution in [1.82, 2.24) is 14.9 Å². The van der Waals surface area contributed by atoms with Crippen LogP contribution >= 0.6 is 0 Å². The molecule has 2 aromatic rings. The first-order valence-corrected chi connectivity index (χ1v) is 11.1. The van der Waals surface area contributed by atoms with Crippen LogP contribution in [-0.4, -0.2) is 35.9 Å². The first-order chi connectivity index (χ1) is 13.5. The summed E-state index contributed by atoms with van der Waals surface area (Å²) in [6.07, 6.45) is 3.42. The molecule has 1 aliphatic carbocycles. The summed E-state index contributed by atoms with van der Waals surface area (Å²) in [4.78, 5) is 4.19. The second-order valence-corrected chi connectivity index (χ2v) is 10.9. The molecule has 0 unspecified atom stereocenters. The minimum atomic E-state index is -3.34. The molecule has 1 fully saturated rings. The van der Waals surface area contributed by atoms with Crippen LogP contribution in [0.15, 0.2) is 22.7 Å². The number of anilines is 1. The van der Waals surface area contributed by atoms with Crippen LogP contribution in [0.1, 0.15) is 46.5 Å². The van der Waals surface area contributed by atoms with Gasteiger partial charge in [-0.15, -0.1) is 0 Å². The number of sulfonamides is 1. The first kappa shape index (κ1) is 21.6. The Morgan fingerprint density at radius 3 is 2.45 bits per heavy atom. The summed E-state index contributed by atoms with van der Waals surface area (Å²) in [5.41, 5.74) is 0.329. The lowest BCUT2D eigenvalue weighted by molar-refractivity contribution is 0.329. The number of hydrogen-bond donors (Lipinski definition) is 2. The van der Waals surface area contributed by atoms with Gasteiger partial charge in [0.2, 0.25) is 15.8 Å². The molecule has 0 amide bonds. The lowest BCUT2D eigenvalue weighted by Crippen LogP contribution is -2.42. The van der Waals surface area contributed by atoms with Crippen molar-refractivity contribution in [3.63, 3.8) is 0 Å². The molecular weight excluding hydrogens is 402 g/mol. The zero-order chi connectivity index (χ0) is 21.2. The van der Waals surface area contributed by atoms with Gasteiger partial charge in [0.05, 0.1) is 4.75 Å². The Bertz CT molecular complexity index is 949. The van der Waals surface area contributed by atoms with Crippen LogP contribution in [0.5, 0.6) is 0 Å². The highest BCUT2D eigenvalue weighted by Crippen LogP contribution is 2.27. The molecule has 10 heteroatoms. The summed E-state index contributed by atoms with van der Waals surface area (Å²) in [7, 11) is -3.34. The fourth-order valence-corrected chi connectivity index (χ4v) is 4.05. The van der Waals surface area contributed by atoms with E-state index in [4.69, 9.17) is 4.52 Å². The molecule has 0 aliphatic heterocycles. The van der Waals surface area contributed by atoms with Crippen LogP contribution in [0.3, 0.4) is 0 Å². The van der Waals surface area contributed by atoms with Gasteiger partial charge in [-0.25, -0.2) is 21.9 Å². The average molecular weight is 429 g/mol. The standard InChI is InChI=1S/C19H26F2N4O3S/c1-19(2,3)29(26,27)22-11-12-4-7-14(8-5-12)23-18-24-17(25-28-18)13-6-9-15(20)16(21)10-13/h6,9-10,12,14,22H,4-5,7-8,11H2,1-3H3,(H,23,24,25)/t12-,14-. The van der Waals surface area contributed by atoms with Crippen LogP contribution in [0.4, 0.5) is 14.8 Å². The van der Waals surface area contributed by atoms with E-state index in [1.165, 1.54) is 6.07 Å². The number of aromatic nitrogens is 2. The van der Waals surface area contributed by atoms with E-state index in [-0.39, 0.29) is 23.8 Å². The Labute approximate surface area is 169 Å². The number of benzene rings is 1. The summed E-state index contributed by atoms with van der Waals surface area (Å²) in [6, 6.07) is 3.78. The van der Waals surface area contributed by atoms with Crippen LogP contribution in [-0.2, 0) is 10.0 Å². The number of nitrogens with one attached hydrogen (secondary N) is 2. The maximum absolute atomic E-state index is 13.4. The minimum absolute atomic E-state index is 0.128. The van der Waals surface area contributed by atoms with Gasteiger partial charge in [-0.3, -0.25) is 0 Å². The summed E-state index contributed by atoms with van der Waals surface area (Å²) in [5.74, 6) is -1.44. The Balaban J connectivity index is 1.50. The highest BCUT2D eigenvalue weighted by molar-refractivity contribution is 7.90. The topological polar surface area (TPSA) is 97.1 Å². The fourth-order valence-electron chi connectivity index (χ4n) is 3.16. The molecular formula is C19H26F2N4O3S. The van der Waals surface area contributed by atoms with Crippen molar-refractivity contribution in [2.24, 2.45) is 5.92 Å². The van der Waals surface area contributed by atoms with E-state index in [0.717, 1.165) is 37.8 Å². The van der Waals surface area contributed by atoms with Gasteiger partial charge in [-0.1, -0.05) is 5.16 Å². The number of hydrogen-bond acceptors (Lipinski definition) is 6. The molecule has 3 rings (SSSR count). The van der Waals surface area contributed by atoms with Crippen LogP contribution in [0.2, 0.25) is 0 Å². The van der Waals surface area contributed by atoms with E-state index in [1.54, 1.807) is 20.8 Å². The Morgan fingerprint density at radius 2 is 1.83 bits per heavy atom. The molecule has 1 aromatic carbocycles. The molecule has 1 aromatic heterocycles. The van der Waals surface area contributed by atoms with Crippen LogP contribution in [0.25, 0.3) is 11.4 Å². The van der Waals surface area contributed by atoms with Gasteiger partial charge in [0, 0.05) is 18.2 Å². The Morgan fingerprint density at radius 1 is 1.14 bits per heavy atom. The van der Waals surface area contributed by atoms with Crippen molar-refractivity contribution in [2.75, 3.05) is 11.9 Å². The first-order valence-electron chi connectivity index (χ1n) is 9.60. The molecule has 0 bridgehead atoms. The normalized spacial score (nSPS) is 20.6. The molecule has 1 heterocycles. The van der Waals surface area contributed by atoms with Gasteiger partial charge in [0.15, 0.2) is 11.6 Å². The lowest BCUT2D eigenvalue weighted by Gasteiger charge is -2.29. The summed E-state index contributed by atoms with van der Waals surface area (Å²) >= 11 is 0. The molecule has 2 N–H and O–H groups in total. The predicted molar refractivity (Wildman–Crippen MR) is 106 cm³/mol. The van der Waals surface area contributed by atoms with Crippen molar-refractivity contribution >= 4 is 16.0 Å². The molecule has 0 spiro atoms. The second kappa shape index (κ2) is 8.35. The van der Waals surface area contributed by atoms with Gasteiger partial charge < -0.3 is 9.84 Å². The van der Waals surface area contributed by atoms with Crippen molar-refractivity contribution in [3.05, 3.63) is 29.8 Å². The largest absolute Gasteiger partial charge is 0.335 e. The molecule has 160 valence electrons. The van der Waals surface area contributed by atoms with Crippen LogP contribution in [0, 0.1) is 17.6 Å². The van der Waals surface area contributed by atoms with Crippen LogP contribution < -0.4 is 10.0 Å². The maximum Gasteiger partial charge on any atom is 0.322 e. The highest BCUT2D eigenvalue weighted by atomic mass is 32.2. The molecule has 0 saturated heterocycles. The number of halogens is 2. The minimum Gasteiger partial charge on any atom is -0.335 e. The van der Waals surface area contributed by atoms with E-state index in [2.05, 4.69) is 20.2 Å². The maximum atomic E-state index is 13.4.